The van der Waals surface area contributed by atoms with Crippen molar-refractivity contribution in [2.75, 3.05) is 0 Å². The van der Waals surface area contributed by atoms with Crippen molar-refractivity contribution in [3.05, 3.63) is 41.4 Å². The van der Waals surface area contributed by atoms with Gasteiger partial charge in [-0.1, -0.05) is 24.3 Å². The molecule has 0 aliphatic heterocycles. The average molecular weight is 218 g/mol. The van der Waals surface area contributed by atoms with E-state index in [-0.39, 0.29) is 0 Å². The molecule has 4 heteroatoms. The second-order valence-corrected chi connectivity index (χ2v) is 3.83. The SMILES string of the molecule is C=NOCc1ccc(-c2nccs2)cc1. The van der Waals surface area contributed by atoms with Crippen LogP contribution in [0, 0.1) is 0 Å². The zero-order valence-corrected chi connectivity index (χ0v) is 8.91. The van der Waals surface area contributed by atoms with Gasteiger partial charge in [-0.15, -0.1) is 16.5 Å². The molecule has 0 spiro atoms. The van der Waals surface area contributed by atoms with E-state index in [0.29, 0.717) is 6.61 Å². The number of oxime groups is 1. The summed E-state index contributed by atoms with van der Waals surface area (Å²) < 4.78 is 0. The Morgan fingerprint density at radius 2 is 2.13 bits per heavy atom. The van der Waals surface area contributed by atoms with Crippen LogP contribution in [0.1, 0.15) is 5.56 Å². The van der Waals surface area contributed by atoms with Crippen molar-refractivity contribution >= 4 is 18.1 Å². The molecule has 0 unspecified atom stereocenters. The van der Waals surface area contributed by atoms with Gasteiger partial charge in [0.2, 0.25) is 0 Å². The van der Waals surface area contributed by atoms with Crippen LogP contribution in [-0.4, -0.2) is 11.7 Å². The summed E-state index contributed by atoms with van der Waals surface area (Å²) in [5.41, 5.74) is 2.20. The molecule has 0 saturated carbocycles. The number of thiazole rings is 1. The van der Waals surface area contributed by atoms with E-state index in [1.165, 1.54) is 0 Å². The van der Waals surface area contributed by atoms with E-state index < -0.39 is 0 Å². The normalized spacial score (nSPS) is 9.87. The molecular weight excluding hydrogens is 208 g/mol. The number of benzene rings is 1. The maximum atomic E-state index is 4.85. The Morgan fingerprint density at radius 1 is 1.33 bits per heavy atom. The number of rotatable bonds is 4. The minimum Gasteiger partial charge on any atom is -0.391 e. The van der Waals surface area contributed by atoms with E-state index >= 15 is 0 Å². The van der Waals surface area contributed by atoms with Gasteiger partial charge in [-0.3, -0.25) is 0 Å². The van der Waals surface area contributed by atoms with Gasteiger partial charge in [0.05, 0.1) is 0 Å². The lowest BCUT2D eigenvalue weighted by molar-refractivity contribution is 0.133. The molecule has 0 N–H and O–H groups in total. The Labute approximate surface area is 92.0 Å². The molecule has 0 bridgehead atoms. The summed E-state index contributed by atoms with van der Waals surface area (Å²) in [5.74, 6) is 0. The van der Waals surface area contributed by atoms with Crippen molar-refractivity contribution in [2.24, 2.45) is 5.16 Å². The maximum absolute atomic E-state index is 4.85. The Morgan fingerprint density at radius 3 is 2.73 bits per heavy atom. The third-order valence-electron chi connectivity index (χ3n) is 1.96. The first-order valence-corrected chi connectivity index (χ1v) is 5.35. The zero-order valence-electron chi connectivity index (χ0n) is 8.09. The van der Waals surface area contributed by atoms with E-state index in [1.807, 2.05) is 29.6 Å². The molecule has 0 saturated heterocycles. The minimum absolute atomic E-state index is 0.460. The molecule has 0 atom stereocenters. The first-order chi connectivity index (χ1) is 7.40. The summed E-state index contributed by atoms with van der Waals surface area (Å²) in [5, 5.41) is 6.34. The van der Waals surface area contributed by atoms with Crippen LogP contribution in [0.25, 0.3) is 10.6 Å². The summed E-state index contributed by atoms with van der Waals surface area (Å²) in [4.78, 5) is 9.09. The number of aromatic nitrogens is 1. The number of hydrogen-bond acceptors (Lipinski definition) is 4. The lowest BCUT2D eigenvalue weighted by Crippen LogP contribution is -1.86. The third-order valence-corrected chi connectivity index (χ3v) is 2.78. The summed E-state index contributed by atoms with van der Waals surface area (Å²) in [7, 11) is 0. The Balaban J connectivity index is 2.14. The van der Waals surface area contributed by atoms with Gasteiger partial charge in [-0.05, 0) is 5.56 Å². The van der Waals surface area contributed by atoms with Gasteiger partial charge in [-0.2, -0.15) is 0 Å². The van der Waals surface area contributed by atoms with Crippen LogP contribution >= 0.6 is 11.3 Å². The van der Waals surface area contributed by atoms with Crippen molar-refractivity contribution < 1.29 is 4.84 Å². The van der Waals surface area contributed by atoms with E-state index in [0.717, 1.165) is 16.1 Å². The molecule has 1 aromatic carbocycles. The molecule has 0 aliphatic carbocycles. The molecule has 2 aromatic rings. The third kappa shape index (κ3) is 2.41. The molecule has 0 aliphatic rings. The molecular formula is C11H10N2OS. The molecule has 0 amide bonds. The fourth-order valence-corrected chi connectivity index (χ4v) is 1.87. The van der Waals surface area contributed by atoms with Crippen molar-refractivity contribution in [1.82, 2.24) is 4.98 Å². The van der Waals surface area contributed by atoms with Gasteiger partial charge in [0.25, 0.3) is 0 Å². The smallest absolute Gasteiger partial charge is 0.142 e. The van der Waals surface area contributed by atoms with Crippen LogP contribution in [0.4, 0.5) is 0 Å². The van der Waals surface area contributed by atoms with Crippen LogP contribution in [0.3, 0.4) is 0 Å². The van der Waals surface area contributed by atoms with Gasteiger partial charge < -0.3 is 4.84 Å². The average Bonchev–Trinajstić information content (AvgIpc) is 2.80. The standard InChI is InChI=1S/C11H10N2OS/c1-12-14-8-9-2-4-10(5-3-9)11-13-6-7-15-11/h2-7H,1,8H2. The van der Waals surface area contributed by atoms with Gasteiger partial charge in [0, 0.05) is 23.9 Å². The topological polar surface area (TPSA) is 34.5 Å². The summed E-state index contributed by atoms with van der Waals surface area (Å²) >= 11 is 1.63. The molecule has 0 fully saturated rings. The van der Waals surface area contributed by atoms with Gasteiger partial charge >= 0.3 is 0 Å². The quantitative estimate of drug-likeness (QED) is 0.584. The van der Waals surface area contributed by atoms with Gasteiger partial charge in [0.1, 0.15) is 11.6 Å². The minimum atomic E-state index is 0.460. The highest BCUT2D eigenvalue weighted by molar-refractivity contribution is 7.13. The van der Waals surface area contributed by atoms with Crippen LogP contribution in [0.2, 0.25) is 0 Å². The second-order valence-electron chi connectivity index (χ2n) is 2.94. The number of hydrogen-bond donors (Lipinski definition) is 0. The van der Waals surface area contributed by atoms with Crippen LogP contribution in [0.5, 0.6) is 0 Å². The summed E-state index contributed by atoms with van der Waals surface area (Å²) in [6.45, 7) is 3.71. The van der Waals surface area contributed by atoms with Crippen LogP contribution < -0.4 is 0 Å². The lowest BCUT2D eigenvalue weighted by Gasteiger charge is -2.00. The van der Waals surface area contributed by atoms with E-state index in [1.54, 1.807) is 17.5 Å². The number of nitrogens with zero attached hydrogens (tertiary/aromatic N) is 2. The molecule has 15 heavy (non-hydrogen) atoms. The Bertz CT molecular complexity index is 422. The van der Waals surface area contributed by atoms with E-state index in [4.69, 9.17) is 4.84 Å². The van der Waals surface area contributed by atoms with Crippen molar-refractivity contribution in [2.45, 2.75) is 6.61 Å². The first-order valence-electron chi connectivity index (χ1n) is 4.47. The zero-order chi connectivity index (χ0) is 10.5. The largest absolute Gasteiger partial charge is 0.391 e. The summed E-state index contributed by atoms with van der Waals surface area (Å²) in [6, 6.07) is 8.06. The monoisotopic (exact) mass is 218 g/mol. The molecule has 2 rings (SSSR count). The highest BCUT2D eigenvalue weighted by atomic mass is 32.1. The molecule has 3 nitrogen and oxygen atoms in total. The fourth-order valence-electron chi connectivity index (χ4n) is 1.23. The second kappa shape index (κ2) is 4.70. The van der Waals surface area contributed by atoms with Crippen molar-refractivity contribution in [3.8, 4) is 10.6 Å². The van der Waals surface area contributed by atoms with Gasteiger partial charge in [0.15, 0.2) is 0 Å². The molecule has 0 radical (unpaired) electrons. The molecule has 1 heterocycles. The highest BCUT2D eigenvalue weighted by Crippen LogP contribution is 2.21. The summed E-state index contributed by atoms with van der Waals surface area (Å²) in [6.07, 6.45) is 1.80. The fraction of sp³-hybridized carbons (Fsp3) is 0.0909. The predicted molar refractivity (Wildman–Crippen MR) is 61.9 cm³/mol. The van der Waals surface area contributed by atoms with Crippen LogP contribution in [0.15, 0.2) is 41.0 Å². The molecule has 1 aromatic heterocycles. The maximum Gasteiger partial charge on any atom is 0.142 e. The van der Waals surface area contributed by atoms with E-state index in [2.05, 4.69) is 16.9 Å². The van der Waals surface area contributed by atoms with Gasteiger partial charge in [-0.25, -0.2) is 4.98 Å². The predicted octanol–water partition coefficient (Wildman–Crippen LogP) is 2.94. The Kier molecular flexibility index (Phi) is 3.09. The Hall–Kier alpha value is -1.68. The lowest BCUT2D eigenvalue weighted by atomic mass is 10.1. The van der Waals surface area contributed by atoms with Crippen LogP contribution in [-0.2, 0) is 11.4 Å². The van der Waals surface area contributed by atoms with E-state index in [9.17, 15) is 0 Å². The van der Waals surface area contributed by atoms with Crippen molar-refractivity contribution in [1.29, 1.82) is 0 Å². The molecule has 76 valence electrons. The first kappa shape index (κ1) is 9.86. The highest BCUT2D eigenvalue weighted by Gasteiger charge is 1.99. The van der Waals surface area contributed by atoms with Crippen molar-refractivity contribution in [3.63, 3.8) is 0 Å².